The second-order valence-electron chi connectivity index (χ2n) is 4.40. The predicted molar refractivity (Wildman–Crippen MR) is 75.6 cm³/mol. The van der Waals surface area contributed by atoms with Crippen LogP contribution in [0.2, 0.25) is 5.02 Å². The van der Waals surface area contributed by atoms with Crippen LogP contribution in [0, 0.1) is 6.92 Å². The lowest BCUT2D eigenvalue weighted by Gasteiger charge is -2.16. The van der Waals surface area contributed by atoms with Crippen molar-refractivity contribution in [2.75, 3.05) is 5.32 Å². The van der Waals surface area contributed by atoms with Crippen LogP contribution in [0.4, 0.5) is 5.82 Å². The number of pyridine rings is 1. The van der Waals surface area contributed by atoms with Crippen molar-refractivity contribution in [3.05, 3.63) is 22.8 Å². The average molecular weight is 270 g/mol. The summed E-state index contributed by atoms with van der Waals surface area (Å²) < 4.78 is 0. The molecule has 1 heterocycles. The molecule has 1 aliphatic rings. The maximum Gasteiger partial charge on any atom is 0.172 e. The van der Waals surface area contributed by atoms with Crippen molar-refractivity contribution < 1.29 is 0 Å². The van der Waals surface area contributed by atoms with Gasteiger partial charge >= 0.3 is 0 Å². The molecular formula is C12H16ClN3S. The van der Waals surface area contributed by atoms with Crippen LogP contribution in [0.1, 0.15) is 31.2 Å². The Morgan fingerprint density at radius 2 is 2.18 bits per heavy atom. The van der Waals surface area contributed by atoms with Crippen LogP contribution in [-0.4, -0.2) is 16.1 Å². The van der Waals surface area contributed by atoms with Crippen molar-refractivity contribution in [3.63, 3.8) is 0 Å². The third-order valence-corrected chi connectivity index (χ3v) is 3.39. The van der Waals surface area contributed by atoms with Gasteiger partial charge in [-0.1, -0.05) is 24.4 Å². The topological polar surface area (TPSA) is 37.0 Å². The zero-order valence-corrected chi connectivity index (χ0v) is 11.4. The molecule has 0 unspecified atom stereocenters. The summed E-state index contributed by atoms with van der Waals surface area (Å²) in [4.78, 5) is 4.22. The van der Waals surface area contributed by atoms with E-state index in [0.29, 0.717) is 16.2 Å². The molecule has 5 heteroatoms. The fourth-order valence-electron chi connectivity index (χ4n) is 2.07. The highest BCUT2D eigenvalue weighted by atomic mass is 35.5. The van der Waals surface area contributed by atoms with Crippen LogP contribution in [0.25, 0.3) is 0 Å². The average Bonchev–Trinajstić information content (AvgIpc) is 2.75. The number of anilines is 1. The lowest BCUT2D eigenvalue weighted by molar-refractivity contribution is 0.634. The Balaban J connectivity index is 1.93. The molecule has 0 radical (unpaired) electrons. The Kier molecular flexibility index (Phi) is 4.18. The van der Waals surface area contributed by atoms with Crippen molar-refractivity contribution in [1.82, 2.24) is 10.3 Å². The molecule has 1 aromatic heterocycles. The Bertz CT molecular complexity index is 416. The molecule has 3 nitrogen and oxygen atoms in total. The van der Waals surface area contributed by atoms with Gasteiger partial charge in [0.15, 0.2) is 5.11 Å². The van der Waals surface area contributed by atoms with Gasteiger partial charge in [0.2, 0.25) is 0 Å². The van der Waals surface area contributed by atoms with Gasteiger partial charge in [-0.3, -0.25) is 0 Å². The summed E-state index contributed by atoms with van der Waals surface area (Å²) in [7, 11) is 0. The van der Waals surface area contributed by atoms with Crippen LogP contribution in [0.5, 0.6) is 0 Å². The van der Waals surface area contributed by atoms with Crippen LogP contribution < -0.4 is 10.6 Å². The van der Waals surface area contributed by atoms with Crippen LogP contribution in [0.3, 0.4) is 0 Å². The third kappa shape index (κ3) is 3.54. The van der Waals surface area contributed by atoms with Crippen molar-refractivity contribution >= 4 is 34.7 Å². The minimum Gasteiger partial charge on any atom is -0.360 e. The fourth-order valence-corrected chi connectivity index (χ4v) is 2.55. The van der Waals surface area contributed by atoms with Gasteiger partial charge in [0, 0.05) is 12.2 Å². The van der Waals surface area contributed by atoms with Crippen LogP contribution in [-0.2, 0) is 0 Å². The molecule has 1 fully saturated rings. The molecule has 0 saturated heterocycles. The van der Waals surface area contributed by atoms with E-state index < -0.39 is 0 Å². The first-order valence-corrected chi connectivity index (χ1v) is 6.63. The quantitative estimate of drug-likeness (QED) is 0.808. The minimum atomic E-state index is 0.516. The Labute approximate surface area is 112 Å². The molecule has 0 aliphatic heterocycles. The molecule has 2 rings (SSSR count). The van der Waals surface area contributed by atoms with E-state index >= 15 is 0 Å². The van der Waals surface area contributed by atoms with Gasteiger partial charge in [0.1, 0.15) is 5.82 Å². The second kappa shape index (κ2) is 5.65. The highest BCUT2D eigenvalue weighted by Crippen LogP contribution is 2.19. The molecule has 2 N–H and O–H groups in total. The standard InChI is InChI=1S/C12H16ClN3S/c1-8-6-9(13)7-14-11(8)16-12(17)15-10-4-2-3-5-10/h6-7,10H,2-5H2,1H3,(H2,14,15,16,17). The summed E-state index contributed by atoms with van der Waals surface area (Å²) in [6, 6.07) is 2.39. The molecule has 92 valence electrons. The Hall–Kier alpha value is -0.870. The Morgan fingerprint density at radius 3 is 2.82 bits per heavy atom. The third-order valence-electron chi connectivity index (χ3n) is 2.97. The van der Waals surface area contributed by atoms with Gasteiger partial charge in [-0.15, -0.1) is 0 Å². The first kappa shape index (κ1) is 12.6. The zero-order chi connectivity index (χ0) is 12.3. The molecule has 0 bridgehead atoms. The number of rotatable bonds is 2. The predicted octanol–water partition coefficient (Wildman–Crippen LogP) is 3.27. The van der Waals surface area contributed by atoms with E-state index in [4.69, 9.17) is 23.8 Å². The first-order valence-electron chi connectivity index (χ1n) is 5.85. The monoisotopic (exact) mass is 269 g/mol. The molecule has 17 heavy (non-hydrogen) atoms. The van der Waals surface area contributed by atoms with Crippen LogP contribution >= 0.6 is 23.8 Å². The maximum absolute atomic E-state index is 5.85. The second-order valence-corrected chi connectivity index (χ2v) is 5.24. The van der Waals surface area contributed by atoms with Crippen molar-refractivity contribution in [3.8, 4) is 0 Å². The van der Waals surface area contributed by atoms with Gasteiger partial charge in [0.25, 0.3) is 0 Å². The smallest absolute Gasteiger partial charge is 0.172 e. The molecular weight excluding hydrogens is 254 g/mol. The van der Waals surface area contributed by atoms with E-state index in [0.717, 1.165) is 11.4 Å². The number of nitrogens with zero attached hydrogens (tertiary/aromatic N) is 1. The molecule has 1 aromatic rings. The summed E-state index contributed by atoms with van der Waals surface area (Å²) in [6.45, 7) is 1.96. The summed E-state index contributed by atoms with van der Waals surface area (Å²) >= 11 is 11.1. The highest BCUT2D eigenvalue weighted by molar-refractivity contribution is 7.80. The van der Waals surface area contributed by atoms with E-state index in [2.05, 4.69) is 15.6 Å². The van der Waals surface area contributed by atoms with Gasteiger partial charge in [0.05, 0.1) is 5.02 Å². The van der Waals surface area contributed by atoms with Crippen LogP contribution in [0.15, 0.2) is 12.3 Å². The van der Waals surface area contributed by atoms with E-state index in [1.54, 1.807) is 6.20 Å². The van der Waals surface area contributed by atoms with E-state index in [1.165, 1.54) is 25.7 Å². The van der Waals surface area contributed by atoms with Gasteiger partial charge in [-0.25, -0.2) is 4.98 Å². The molecule has 0 amide bonds. The lowest BCUT2D eigenvalue weighted by Crippen LogP contribution is -2.36. The van der Waals surface area contributed by atoms with E-state index in [9.17, 15) is 0 Å². The largest absolute Gasteiger partial charge is 0.360 e. The van der Waals surface area contributed by atoms with Gasteiger partial charge in [-0.2, -0.15) is 0 Å². The number of halogens is 1. The van der Waals surface area contributed by atoms with E-state index in [1.807, 2.05) is 13.0 Å². The minimum absolute atomic E-state index is 0.516. The zero-order valence-electron chi connectivity index (χ0n) is 9.79. The summed E-state index contributed by atoms with van der Waals surface area (Å²) in [5.74, 6) is 0.768. The van der Waals surface area contributed by atoms with Gasteiger partial charge in [-0.05, 0) is 43.6 Å². The molecule has 1 aliphatic carbocycles. The number of hydrogen-bond donors (Lipinski definition) is 2. The van der Waals surface area contributed by atoms with Crippen molar-refractivity contribution in [2.45, 2.75) is 38.6 Å². The molecule has 1 saturated carbocycles. The number of nitrogens with one attached hydrogen (secondary N) is 2. The summed E-state index contributed by atoms with van der Waals surface area (Å²) in [6.07, 6.45) is 6.61. The maximum atomic E-state index is 5.85. The molecule has 0 aromatic carbocycles. The number of aromatic nitrogens is 1. The SMILES string of the molecule is Cc1cc(Cl)cnc1NC(=S)NC1CCCC1. The Morgan fingerprint density at radius 1 is 1.47 bits per heavy atom. The summed E-state index contributed by atoms with van der Waals surface area (Å²) in [5, 5.41) is 7.72. The molecule has 0 spiro atoms. The molecule has 0 atom stereocenters. The van der Waals surface area contributed by atoms with Gasteiger partial charge < -0.3 is 10.6 Å². The first-order chi connectivity index (χ1) is 8.15. The van der Waals surface area contributed by atoms with Crippen molar-refractivity contribution in [2.24, 2.45) is 0 Å². The summed E-state index contributed by atoms with van der Waals surface area (Å²) in [5.41, 5.74) is 0.994. The fraction of sp³-hybridized carbons (Fsp3) is 0.500. The number of aryl methyl sites for hydroxylation is 1. The van der Waals surface area contributed by atoms with Crippen molar-refractivity contribution in [1.29, 1.82) is 0 Å². The number of hydrogen-bond acceptors (Lipinski definition) is 2. The highest BCUT2D eigenvalue weighted by Gasteiger charge is 2.15. The number of thiocarbonyl (C=S) groups is 1. The lowest BCUT2D eigenvalue weighted by atomic mass is 10.2. The normalized spacial score (nSPS) is 15.9. The van der Waals surface area contributed by atoms with E-state index in [-0.39, 0.29) is 0 Å².